The summed E-state index contributed by atoms with van der Waals surface area (Å²) in [7, 11) is -4.03. The van der Waals surface area contributed by atoms with E-state index in [4.69, 9.17) is 17.3 Å². The number of sulfonamides is 1. The molecule has 0 aliphatic heterocycles. The van der Waals surface area contributed by atoms with E-state index < -0.39 is 20.7 Å². The van der Waals surface area contributed by atoms with Crippen molar-refractivity contribution in [3.8, 4) is 0 Å². The van der Waals surface area contributed by atoms with Crippen LogP contribution < -0.4 is 10.5 Å². The third-order valence-corrected chi connectivity index (χ3v) is 6.01. The number of thiophene rings is 1. The maximum absolute atomic E-state index is 14.0. The Balaban J connectivity index is 2.35. The molecule has 0 aliphatic rings. The van der Waals surface area contributed by atoms with Crippen LogP contribution in [0.5, 0.6) is 0 Å². The molecule has 0 bridgehead atoms. The Morgan fingerprint density at radius 3 is 2.80 bits per heavy atom. The van der Waals surface area contributed by atoms with Gasteiger partial charge in [-0.25, -0.2) is 17.5 Å². The minimum Gasteiger partial charge on any atom is -0.395 e. The summed E-state index contributed by atoms with van der Waals surface area (Å²) in [6.07, 6.45) is 0. The van der Waals surface area contributed by atoms with Crippen LogP contribution in [-0.2, 0) is 16.6 Å². The minimum atomic E-state index is -4.03. The number of nitrogens with two attached hydrogens (primary N) is 1. The zero-order valence-electron chi connectivity index (χ0n) is 9.86. The van der Waals surface area contributed by atoms with Crippen molar-refractivity contribution in [2.75, 3.05) is 5.73 Å². The Morgan fingerprint density at radius 2 is 2.20 bits per heavy atom. The summed E-state index contributed by atoms with van der Waals surface area (Å²) < 4.78 is 40.6. The van der Waals surface area contributed by atoms with Crippen molar-refractivity contribution in [2.45, 2.75) is 11.4 Å². The molecule has 0 saturated carbocycles. The number of nitrogens with one attached hydrogen (secondary N) is 1. The number of hydrogen-bond donors (Lipinski definition) is 2. The second-order valence-corrected chi connectivity index (χ2v) is 7.57. The fraction of sp³-hybridized carbons (Fsp3) is 0.0909. The van der Waals surface area contributed by atoms with Crippen molar-refractivity contribution in [3.63, 3.8) is 0 Å². The van der Waals surface area contributed by atoms with E-state index in [1.165, 1.54) is 11.3 Å². The minimum absolute atomic E-state index is 0.0276. The molecule has 108 valence electrons. The van der Waals surface area contributed by atoms with Gasteiger partial charge in [0.2, 0.25) is 10.0 Å². The molecule has 9 heteroatoms. The molecular weight excluding hydrogens is 391 g/mol. The van der Waals surface area contributed by atoms with Gasteiger partial charge in [-0.1, -0.05) is 11.6 Å². The molecule has 0 spiro atoms. The molecule has 3 N–H and O–H groups in total. The molecule has 0 radical (unpaired) electrons. The predicted octanol–water partition coefficient (Wildman–Crippen LogP) is 3.36. The molecule has 0 unspecified atom stereocenters. The van der Waals surface area contributed by atoms with Crippen LogP contribution in [0.15, 0.2) is 32.3 Å². The Morgan fingerprint density at radius 1 is 1.50 bits per heavy atom. The van der Waals surface area contributed by atoms with Crippen molar-refractivity contribution in [3.05, 3.63) is 43.8 Å². The molecule has 0 aliphatic carbocycles. The van der Waals surface area contributed by atoms with Crippen LogP contribution in [0.4, 0.5) is 10.1 Å². The van der Waals surface area contributed by atoms with Gasteiger partial charge in [0, 0.05) is 6.54 Å². The van der Waals surface area contributed by atoms with E-state index in [2.05, 4.69) is 20.7 Å². The lowest BCUT2D eigenvalue weighted by Gasteiger charge is -2.10. The maximum atomic E-state index is 14.0. The first-order valence-corrected chi connectivity index (χ1v) is 8.86. The topological polar surface area (TPSA) is 72.2 Å². The van der Waals surface area contributed by atoms with Gasteiger partial charge in [0.05, 0.1) is 15.2 Å². The molecule has 0 amide bonds. The van der Waals surface area contributed by atoms with Gasteiger partial charge in [-0.15, -0.1) is 0 Å². The van der Waals surface area contributed by atoms with Gasteiger partial charge < -0.3 is 5.73 Å². The van der Waals surface area contributed by atoms with E-state index in [-0.39, 0.29) is 21.7 Å². The quantitative estimate of drug-likeness (QED) is 0.611. The van der Waals surface area contributed by atoms with E-state index in [9.17, 15) is 12.8 Å². The average Bonchev–Trinajstić information content (AvgIpc) is 2.91. The molecule has 1 heterocycles. The molecule has 1 aromatic heterocycles. The van der Waals surface area contributed by atoms with Crippen molar-refractivity contribution < 1.29 is 12.8 Å². The third kappa shape index (κ3) is 3.15. The Labute approximate surface area is 132 Å². The number of benzene rings is 1. The smallest absolute Gasteiger partial charge is 0.243 e. The second kappa shape index (κ2) is 5.98. The highest BCUT2D eigenvalue weighted by molar-refractivity contribution is 9.10. The first-order chi connectivity index (χ1) is 9.33. The average molecular weight is 400 g/mol. The molecule has 4 nitrogen and oxygen atoms in total. The summed E-state index contributed by atoms with van der Waals surface area (Å²) in [5.74, 6) is -1.03. The van der Waals surface area contributed by atoms with E-state index in [1.807, 2.05) is 5.38 Å². The number of halogens is 3. The summed E-state index contributed by atoms with van der Waals surface area (Å²) in [6.45, 7) is 0.0683. The summed E-state index contributed by atoms with van der Waals surface area (Å²) in [5.41, 5.74) is 5.92. The van der Waals surface area contributed by atoms with Crippen molar-refractivity contribution >= 4 is 54.6 Å². The van der Waals surface area contributed by atoms with E-state index in [0.29, 0.717) is 0 Å². The second-order valence-electron chi connectivity index (χ2n) is 3.85. The summed E-state index contributed by atoms with van der Waals surface area (Å²) in [4.78, 5) is -0.571. The molecule has 0 atom stereocenters. The number of rotatable bonds is 4. The standard InChI is InChI=1S/C11H9BrClFN2O2S2/c12-9-7(13)3-8(10(14)11(9)15)20(17,18)16-4-6-1-2-19-5-6/h1-3,5,16H,4,15H2. The highest BCUT2D eigenvalue weighted by Gasteiger charge is 2.23. The van der Waals surface area contributed by atoms with Gasteiger partial charge in [-0.2, -0.15) is 11.3 Å². The number of hydrogen-bond acceptors (Lipinski definition) is 4. The highest BCUT2D eigenvalue weighted by atomic mass is 79.9. The predicted molar refractivity (Wildman–Crippen MR) is 81.9 cm³/mol. The van der Waals surface area contributed by atoms with E-state index in [1.54, 1.807) is 11.4 Å². The van der Waals surface area contributed by atoms with Gasteiger partial charge in [0.25, 0.3) is 0 Å². The van der Waals surface area contributed by atoms with Crippen LogP contribution in [0.2, 0.25) is 5.02 Å². The van der Waals surface area contributed by atoms with Gasteiger partial charge in [0.15, 0.2) is 5.82 Å². The molecule has 2 aromatic rings. The van der Waals surface area contributed by atoms with Crippen molar-refractivity contribution in [1.82, 2.24) is 4.72 Å². The number of nitrogen functional groups attached to an aromatic ring is 1. The fourth-order valence-electron chi connectivity index (χ4n) is 1.44. The van der Waals surface area contributed by atoms with Crippen LogP contribution in [0.25, 0.3) is 0 Å². The van der Waals surface area contributed by atoms with E-state index >= 15 is 0 Å². The summed E-state index contributed by atoms with van der Waals surface area (Å²) in [6, 6.07) is 2.79. The lowest BCUT2D eigenvalue weighted by Crippen LogP contribution is -2.24. The summed E-state index contributed by atoms with van der Waals surface area (Å²) >= 11 is 10.2. The molecule has 2 rings (SSSR count). The molecular formula is C11H9BrClFN2O2S2. The zero-order chi connectivity index (χ0) is 14.9. The van der Waals surface area contributed by atoms with Crippen LogP contribution in [0.1, 0.15) is 5.56 Å². The molecule has 0 saturated heterocycles. The van der Waals surface area contributed by atoms with Crippen molar-refractivity contribution in [2.24, 2.45) is 0 Å². The normalized spacial score (nSPS) is 11.8. The lowest BCUT2D eigenvalue weighted by molar-refractivity contribution is 0.558. The van der Waals surface area contributed by atoms with Crippen LogP contribution in [-0.4, -0.2) is 8.42 Å². The Kier molecular flexibility index (Phi) is 4.70. The lowest BCUT2D eigenvalue weighted by atomic mass is 10.3. The Bertz CT molecular complexity index is 735. The molecule has 20 heavy (non-hydrogen) atoms. The van der Waals surface area contributed by atoms with Gasteiger partial charge in [-0.3, -0.25) is 0 Å². The van der Waals surface area contributed by atoms with Gasteiger partial charge >= 0.3 is 0 Å². The van der Waals surface area contributed by atoms with Crippen LogP contribution in [0.3, 0.4) is 0 Å². The van der Waals surface area contributed by atoms with Crippen molar-refractivity contribution in [1.29, 1.82) is 0 Å². The highest BCUT2D eigenvalue weighted by Crippen LogP contribution is 2.34. The SMILES string of the molecule is Nc1c(F)c(S(=O)(=O)NCc2ccsc2)cc(Cl)c1Br. The molecule has 1 aromatic carbocycles. The van der Waals surface area contributed by atoms with Crippen LogP contribution in [0, 0.1) is 5.82 Å². The zero-order valence-corrected chi connectivity index (χ0v) is 13.8. The number of anilines is 1. The third-order valence-electron chi connectivity index (χ3n) is 2.49. The van der Waals surface area contributed by atoms with Gasteiger partial charge in [-0.05, 0) is 44.4 Å². The Hall–Kier alpha value is -0.670. The first kappa shape index (κ1) is 15.7. The van der Waals surface area contributed by atoms with E-state index in [0.717, 1.165) is 11.6 Å². The fourth-order valence-corrected chi connectivity index (χ4v) is 3.81. The first-order valence-electron chi connectivity index (χ1n) is 5.26. The van der Waals surface area contributed by atoms with Crippen LogP contribution >= 0.6 is 38.9 Å². The monoisotopic (exact) mass is 398 g/mol. The van der Waals surface area contributed by atoms with Gasteiger partial charge in [0.1, 0.15) is 4.90 Å². The maximum Gasteiger partial charge on any atom is 0.243 e. The molecule has 0 fully saturated rings. The summed E-state index contributed by atoms with van der Waals surface area (Å²) in [5, 5.41) is 3.64. The largest absolute Gasteiger partial charge is 0.395 e.